The molecule has 0 aliphatic heterocycles. The summed E-state index contributed by atoms with van der Waals surface area (Å²) in [6.45, 7) is 0.394. The molecule has 10 heteroatoms. The van der Waals surface area contributed by atoms with Crippen molar-refractivity contribution in [2.45, 2.75) is 38.2 Å². The predicted octanol–water partition coefficient (Wildman–Crippen LogP) is 2.45. The van der Waals surface area contributed by atoms with Crippen LogP contribution in [0.1, 0.15) is 31.5 Å². The van der Waals surface area contributed by atoms with Gasteiger partial charge >= 0.3 is 12.1 Å². The molecule has 1 aliphatic rings. The summed E-state index contributed by atoms with van der Waals surface area (Å²) in [5.74, 6) is 0.540. The topological polar surface area (TPSA) is 127 Å². The highest BCUT2D eigenvalue weighted by Crippen LogP contribution is 2.23. The average Bonchev–Trinajstić information content (AvgIpc) is 3.43. The van der Waals surface area contributed by atoms with Crippen molar-refractivity contribution < 1.29 is 14.3 Å². The van der Waals surface area contributed by atoms with Gasteiger partial charge < -0.3 is 10.1 Å². The maximum absolute atomic E-state index is 12.4. The third kappa shape index (κ3) is 4.11. The highest BCUT2D eigenvalue weighted by atomic mass is 16.6. The maximum Gasteiger partial charge on any atom is 0.411 e. The molecule has 3 N–H and O–H groups in total. The number of hydrogen-bond donors (Lipinski definition) is 3. The zero-order chi connectivity index (χ0) is 19.3. The number of tetrazole rings is 1. The van der Waals surface area contributed by atoms with Gasteiger partial charge in [-0.15, -0.1) is 10.2 Å². The van der Waals surface area contributed by atoms with Crippen molar-refractivity contribution in [1.82, 2.24) is 30.5 Å². The largest absolute Gasteiger partial charge is 0.446 e. The summed E-state index contributed by atoms with van der Waals surface area (Å²) in [6.07, 6.45) is 5.82. The standard InChI is InChI=1S/C18H21N7O3/c26-17(19-9-7-16-21-23-24-22-16)25-10-8-12-11-13(5-6-15(12)25)20-18(27)28-14-3-1-2-4-14/h5-6,8,10-11,14H,1-4,7,9H2,(H,19,26)(H,20,27)(H,21,22,23,24). The molecule has 1 aliphatic carbocycles. The van der Waals surface area contributed by atoms with E-state index in [0.29, 0.717) is 24.5 Å². The summed E-state index contributed by atoms with van der Waals surface area (Å²) in [5.41, 5.74) is 1.37. The number of aromatic nitrogens is 5. The third-order valence-corrected chi connectivity index (χ3v) is 4.75. The van der Waals surface area contributed by atoms with Crippen molar-refractivity contribution in [3.8, 4) is 0 Å². The molecule has 1 saturated carbocycles. The maximum atomic E-state index is 12.4. The van der Waals surface area contributed by atoms with Gasteiger partial charge in [0.25, 0.3) is 0 Å². The molecule has 0 unspecified atom stereocenters. The van der Waals surface area contributed by atoms with E-state index in [9.17, 15) is 9.59 Å². The van der Waals surface area contributed by atoms with Crippen LogP contribution in [-0.4, -0.2) is 50.0 Å². The number of hydrogen-bond acceptors (Lipinski definition) is 6. The molecule has 0 bridgehead atoms. The summed E-state index contributed by atoms with van der Waals surface area (Å²) in [5, 5.41) is 19.9. The number of anilines is 1. The van der Waals surface area contributed by atoms with Gasteiger partial charge in [-0.2, -0.15) is 5.21 Å². The number of carbonyl (C=O) groups is 2. The number of H-pyrrole nitrogens is 1. The fourth-order valence-electron chi connectivity index (χ4n) is 3.36. The van der Waals surface area contributed by atoms with Gasteiger partial charge in [-0.25, -0.2) is 9.59 Å². The Kier molecular flexibility index (Phi) is 5.18. The van der Waals surface area contributed by atoms with Crippen molar-refractivity contribution in [2.75, 3.05) is 11.9 Å². The van der Waals surface area contributed by atoms with E-state index in [4.69, 9.17) is 4.74 Å². The van der Waals surface area contributed by atoms with E-state index >= 15 is 0 Å². The molecule has 10 nitrogen and oxygen atoms in total. The fourth-order valence-corrected chi connectivity index (χ4v) is 3.36. The van der Waals surface area contributed by atoms with Gasteiger partial charge in [0.1, 0.15) is 6.10 Å². The van der Waals surface area contributed by atoms with Crippen molar-refractivity contribution in [3.05, 3.63) is 36.3 Å². The molecular weight excluding hydrogens is 362 g/mol. The van der Waals surface area contributed by atoms with Crippen LogP contribution in [0.15, 0.2) is 30.5 Å². The average molecular weight is 383 g/mol. The minimum absolute atomic E-state index is 0.0148. The number of ether oxygens (including phenoxy) is 1. The van der Waals surface area contributed by atoms with Crippen molar-refractivity contribution in [1.29, 1.82) is 0 Å². The summed E-state index contributed by atoms with van der Waals surface area (Å²) in [4.78, 5) is 24.4. The molecule has 3 aromatic rings. The number of nitrogens with zero attached hydrogens (tertiary/aromatic N) is 4. The normalized spacial score (nSPS) is 14.3. The highest BCUT2D eigenvalue weighted by molar-refractivity contribution is 5.95. The van der Waals surface area contributed by atoms with E-state index in [1.165, 1.54) is 4.57 Å². The number of aromatic amines is 1. The second-order valence-electron chi connectivity index (χ2n) is 6.71. The highest BCUT2D eigenvalue weighted by Gasteiger charge is 2.19. The minimum Gasteiger partial charge on any atom is -0.446 e. The summed E-state index contributed by atoms with van der Waals surface area (Å²) in [6, 6.07) is 6.93. The summed E-state index contributed by atoms with van der Waals surface area (Å²) in [7, 11) is 0. The molecular formula is C18H21N7O3. The molecule has 0 saturated heterocycles. The zero-order valence-corrected chi connectivity index (χ0v) is 15.2. The third-order valence-electron chi connectivity index (χ3n) is 4.75. The summed E-state index contributed by atoms with van der Waals surface area (Å²) >= 11 is 0. The molecule has 0 atom stereocenters. The predicted molar refractivity (Wildman–Crippen MR) is 101 cm³/mol. The van der Waals surface area contributed by atoms with Crippen LogP contribution < -0.4 is 10.6 Å². The van der Waals surface area contributed by atoms with Crippen molar-refractivity contribution >= 4 is 28.7 Å². The van der Waals surface area contributed by atoms with Gasteiger partial charge in [-0.05, 0) is 49.9 Å². The molecule has 0 spiro atoms. The Labute approximate surface area is 160 Å². The Morgan fingerprint density at radius 3 is 2.89 bits per heavy atom. The lowest BCUT2D eigenvalue weighted by atomic mass is 10.2. The van der Waals surface area contributed by atoms with Crippen molar-refractivity contribution in [2.24, 2.45) is 0 Å². The first kappa shape index (κ1) is 18.0. The summed E-state index contributed by atoms with van der Waals surface area (Å²) < 4.78 is 6.93. The van der Waals surface area contributed by atoms with Crippen LogP contribution in [-0.2, 0) is 11.2 Å². The van der Waals surface area contributed by atoms with Gasteiger partial charge in [-0.3, -0.25) is 9.88 Å². The van der Waals surface area contributed by atoms with E-state index < -0.39 is 6.09 Å². The molecule has 4 rings (SSSR count). The van der Waals surface area contributed by atoms with E-state index in [1.807, 2.05) is 12.1 Å². The Bertz CT molecular complexity index is 961. The van der Waals surface area contributed by atoms with Gasteiger partial charge in [0.2, 0.25) is 0 Å². The van der Waals surface area contributed by atoms with Crippen molar-refractivity contribution in [3.63, 3.8) is 0 Å². The van der Waals surface area contributed by atoms with Gasteiger partial charge in [0.15, 0.2) is 5.82 Å². The number of nitrogens with one attached hydrogen (secondary N) is 3. The van der Waals surface area contributed by atoms with Gasteiger partial charge in [0, 0.05) is 30.2 Å². The SMILES string of the molecule is O=C(Nc1ccc2c(ccn2C(=O)NCCc2nn[nH]n2)c1)OC1CCCC1. The lowest BCUT2D eigenvalue weighted by molar-refractivity contribution is 0.114. The molecule has 28 heavy (non-hydrogen) atoms. The number of fused-ring (bicyclic) bond motifs is 1. The molecule has 1 fully saturated rings. The van der Waals surface area contributed by atoms with Gasteiger partial charge in [-0.1, -0.05) is 5.21 Å². The molecule has 2 amide bonds. The molecule has 0 radical (unpaired) electrons. The molecule has 2 aromatic heterocycles. The van der Waals surface area contributed by atoms with Crippen LogP contribution in [0.25, 0.3) is 10.9 Å². The molecule has 1 aromatic carbocycles. The van der Waals surface area contributed by atoms with Crippen LogP contribution in [0.5, 0.6) is 0 Å². The van der Waals surface area contributed by atoms with E-state index in [0.717, 1.165) is 36.6 Å². The van der Waals surface area contributed by atoms with E-state index in [1.54, 1.807) is 18.3 Å². The van der Waals surface area contributed by atoms with Crippen LogP contribution >= 0.6 is 0 Å². The Morgan fingerprint density at radius 1 is 1.25 bits per heavy atom. The number of rotatable bonds is 5. The van der Waals surface area contributed by atoms with Crippen LogP contribution in [0, 0.1) is 0 Å². The van der Waals surface area contributed by atoms with Crippen LogP contribution in [0.3, 0.4) is 0 Å². The smallest absolute Gasteiger partial charge is 0.411 e. The number of benzene rings is 1. The van der Waals surface area contributed by atoms with E-state index in [-0.39, 0.29) is 12.1 Å². The number of carbonyl (C=O) groups excluding carboxylic acids is 2. The van der Waals surface area contributed by atoms with E-state index in [2.05, 4.69) is 31.3 Å². The number of amides is 2. The Morgan fingerprint density at radius 2 is 2.11 bits per heavy atom. The Hall–Kier alpha value is -3.43. The molecule has 146 valence electrons. The first-order valence-corrected chi connectivity index (χ1v) is 9.28. The van der Waals surface area contributed by atoms with Crippen LogP contribution in [0.2, 0.25) is 0 Å². The first-order valence-electron chi connectivity index (χ1n) is 9.28. The Balaban J connectivity index is 1.36. The first-order chi connectivity index (χ1) is 13.7. The quantitative estimate of drug-likeness (QED) is 0.621. The lowest BCUT2D eigenvalue weighted by Crippen LogP contribution is -2.29. The minimum atomic E-state index is -0.440. The fraction of sp³-hybridized carbons (Fsp3) is 0.389. The second kappa shape index (κ2) is 8.07. The molecule has 2 heterocycles. The monoisotopic (exact) mass is 383 g/mol. The second-order valence-corrected chi connectivity index (χ2v) is 6.71. The van der Waals surface area contributed by atoms with Crippen LogP contribution in [0.4, 0.5) is 15.3 Å². The zero-order valence-electron chi connectivity index (χ0n) is 15.2. The lowest BCUT2D eigenvalue weighted by Gasteiger charge is -2.12. The van der Waals surface area contributed by atoms with Gasteiger partial charge in [0.05, 0.1) is 5.52 Å².